The van der Waals surface area contributed by atoms with Crippen molar-refractivity contribution < 1.29 is 28.8 Å². The van der Waals surface area contributed by atoms with E-state index in [1.54, 1.807) is 20.3 Å². The summed E-state index contributed by atoms with van der Waals surface area (Å²) in [4.78, 5) is 14.5. The van der Waals surface area contributed by atoms with E-state index in [1.807, 2.05) is 49.3 Å². The van der Waals surface area contributed by atoms with Gasteiger partial charge in [0.2, 0.25) is 0 Å². The van der Waals surface area contributed by atoms with E-state index in [-0.39, 0.29) is 23.6 Å². The monoisotopic (exact) mass is 429 g/mol. The second-order valence-corrected chi connectivity index (χ2v) is 8.05. The fourth-order valence-electron chi connectivity index (χ4n) is 3.76. The first-order valence-corrected chi connectivity index (χ1v) is 10.4. The predicted molar refractivity (Wildman–Crippen MR) is 117 cm³/mol. The Balaban J connectivity index is 1.70. The van der Waals surface area contributed by atoms with Crippen LogP contribution in [0.4, 0.5) is 0 Å². The molecule has 0 amide bonds. The number of carbonyl (C=O) groups is 1. The van der Waals surface area contributed by atoms with Gasteiger partial charge >= 0.3 is 5.97 Å². The number of hydrogen-bond donors (Lipinski definition) is 1. The summed E-state index contributed by atoms with van der Waals surface area (Å²) in [6.07, 6.45) is 1.22. The first-order chi connectivity index (χ1) is 14.9. The van der Waals surface area contributed by atoms with Gasteiger partial charge in [0.15, 0.2) is 23.0 Å². The SMILES string of the molecule is COc1ccc(C[C@H]2COC(=O)[C@@H]2Cc2ccc(O)c(OCCN(C)C)c2)cc1OC. The Kier molecular flexibility index (Phi) is 7.63. The average molecular weight is 430 g/mol. The van der Waals surface area contributed by atoms with Crippen LogP contribution in [0.25, 0.3) is 0 Å². The molecule has 1 fully saturated rings. The molecule has 0 bridgehead atoms. The van der Waals surface area contributed by atoms with Gasteiger partial charge < -0.3 is 29.0 Å². The number of phenols is 1. The van der Waals surface area contributed by atoms with Crippen LogP contribution in [0.15, 0.2) is 36.4 Å². The molecule has 0 radical (unpaired) electrons. The molecule has 168 valence electrons. The second-order valence-electron chi connectivity index (χ2n) is 8.05. The number of aromatic hydroxyl groups is 1. The number of likely N-dealkylation sites (N-methyl/N-ethyl adjacent to an activating group) is 1. The van der Waals surface area contributed by atoms with Gasteiger partial charge in [0, 0.05) is 12.5 Å². The summed E-state index contributed by atoms with van der Waals surface area (Å²) in [5.41, 5.74) is 1.99. The van der Waals surface area contributed by atoms with Gasteiger partial charge in [-0.1, -0.05) is 12.1 Å². The highest BCUT2D eigenvalue weighted by Gasteiger charge is 2.37. The maximum absolute atomic E-state index is 12.4. The minimum Gasteiger partial charge on any atom is -0.504 e. The Labute approximate surface area is 183 Å². The fraction of sp³-hybridized carbons (Fsp3) is 0.458. The van der Waals surface area contributed by atoms with E-state index in [0.29, 0.717) is 43.3 Å². The number of esters is 1. The van der Waals surface area contributed by atoms with Gasteiger partial charge in [-0.3, -0.25) is 4.79 Å². The zero-order valence-electron chi connectivity index (χ0n) is 18.6. The molecule has 1 heterocycles. The largest absolute Gasteiger partial charge is 0.504 e. The molecule has 0 aromatic heterocycles. The number of phenolic OH excluding ortho intramolecular Hbond substituents is 1. The van der Waals surface area contributed by atoms with Crippen LogP contribution in [0.2, 0.25) is 0 Å². The van der Waals surface area contributed by atoms with E-state index in [2.05, 4.69) is 0 Å². The average Bonchev–Trinajstić information content (AvgIpc) is 3.09. The smallest absolute Gasteiger partial charge is 0.309 e. The number of carbonyl (C=O) groups excluding carboxylic acids is 1. The molecule has 1 aliphatic rings. The summed E-state index contributed by atoms with van der Waals surface area (Å²) in [6, 6.07) is 11.0. The van der Waals surface area contributed by atoms with Gasteiger partial charge in [-0.15, -0.1) is 0 Å². The van der Waals surface area contributed by atoms with Crippen molar-refractivity contribution >= 4 is 5.97 Å². The molecule has 1 saturated heterocycles. The van der Waals surface area contributed by atoms with Crippen LogP contribution in [0.3, 0.4) is 0 Å². The molecule has 7 nitrogen and oxygen atoms in total. The third-order valence-corrected chi connectivity index (χ3v) is 5.53. The highest BCUT2D eigenvalue weighted by Crippen LogP contribution is 2.34. The van der Waals surface area contributed by atoms with Crippen molar-refractivity contribution in [2.45, 2.75) is 12.8 Å². The summed E-state index contributed by atoms with van der Waals surface area (Å²) in [5, 5.41) is 10.1. The van der Waals surface area contributed by atoms with Crippen molar-refractivity contribution in [3.05, 3.63) is 47.5 Å². The molecule has 2 aromatic carbocycles. The summed E-state index contributed by atoms with van der Waals surface area (Å²) in [7, 11) is 7.14. The van der Waals surface area contributed by atoms with Crippen LogP contribution >= 0.6 is 0 Å². The van der Waals surface area contributed by atoms with Gasteiger partial charge in [0.05, 0.1) is 26.7 Å². The molecule has 1 N–H and O–H groups in total. The first kappa shape index (κ1) is 22.7. The molecule has 0 aliphatic carbocycles. The van der Waals surface area contributed by atoms with Crippen molar-refractivity contribution in [3.8, 4) is 23.0 Å². The molecule has 2 aromatic rings. The number of benzene rings is 2. The molecule has 1 aliphatic heterocycles. The Morgan fingerprint density at radius 3 is 2.39 bits per heavy atom. The van der Waals surface area contributed by atoms with E-state index >= 15 is 0 Å². The highest BCUT2D eigenvalue weighted by atomic mass is 16.5. The lowest BCUT2D eigenvalue weighted by molar-refractivity contribution is -0.141. The second kappa shape index (κ2) is 10.4. The number of rotatable bonds is 10. The number of nitrogens with zero attached hydrogens (tertiary/aromatic N) is 1. The zero-order valence-corrected chi connectivity index (χ0v) is 18.6. The summed E-state index contributed by atoms with van der Waals surface area (Å²) in [6.45, 7) is 1.60. The van der Waals surface area contributed by atoms with Crippen LogP contribution in [0.5, 0.6) is 23.0 Å². The van der Waals surface area contributed by atoms with Gasteiger partial charge in [-0.2, -0.15) is 0 Å². The van der Waals surface area contributed by atoms with Crippen molar-refractivity contribution in [2.24, 2.45) is 11.8 Å². The molecule has 0 spiro atoms. The maximum atomic E-state index is 12.4. The summed E-state index contributed by atoms with van der Waals surface area (Å²) >= 11 is 0. The summed E-state index contributed by atoms with van der Waals surface area (Å²) in [5.74, 6) is 1.48. The quantitative estimate of drug-likeness (QED) is 0.582. The van der Waals surface area contributed by atoms with Crippen molar-refractivity contribution in [2.75, 3.05) is 48.1 Å². The Hall–Kier alpha value is -2.93. The van der Waals surface area contributed by atoms with Gasteiger partial charge in [0.25, 0.3) is 0 Å². The van der Waals surface area contributed by atoms with E-state index in [9.17, 15) is 9.90 Å². The van der Waals surface area contributed by atoms with Crippen LogP contribution < -0.4 is 14.2 Å². The third kappa shape index (κ3) is 5.82. The molecule has 31 heavy (non-hydrogen) atoms. The van der Waals surface area contributed by atoms with Crippen LogP contribution in [-0.2, 0) is 22.4 Å². The van der Waals surface area contributed by atoms with E-state index in [4.69, 9.17) is 18.9 Å². The lowest BCUT2D eigenvalue weighted by atomic mass is 9.85. The standard InChI is InChI=1S/C24H31NO6/c1-25(2)9-10-30-22-13-17(5-7-20(22)26)12-19-18(15-31-24(19)27)11-16-6-8-21(28-3)23(14-16)29-4/h5-8,13-14,18-19,26H,9-12,15H2,1-4H3/t18-,19+/m0/s1. The number of cyclic esters (lactones) is 1. The van der Waals surface area contributed by atoms with E-state index in [1.165, 1.54) is 0 Å². The minimum atomic E-state index is -0.257. The van der Waals surface area contributed by atoms with E-state index < -0.39 is 0 Å². The predicted octanol–water partition coefficient (Wildman–Crippen LogP) is 2.92. The Bertz CT molecular complexity index is 898. The van der Waals surface area contributed by atoms with Crippen LogP contribution in [0.1, 0.15) is 11.1 Å². The summed E-state index contributed by atoms with van der Waals surface area (Å²) < 4.78 is 21.8. The van der Waals surface area contributed by atoms with Crippen molar-refractivity contribution in [3.63, 3.8) is 0 Å². The molecular formula is C24H31NO6. The van der Waals surface area contributed by atoms with Crippen molar-refractivity contribution in [1.82, 2.24) is 4.90 Å². The van der Waals surface area contributed by atoms with Gasteiger partial charge in [0.1, 0.15) is 6.61 Å². The molecular weight excluding hydrogens is 398 g/mol. The van der Waals surface area contributed by atoms with Crippen LogP contribution in [-0.4, -0.2) is 64.0 Å². The maximum Gasteiger partial charge on any atom is 0.309 e. The highest BCUT2D eigenvalue weighted by molar-refractivity contribution is 5.75. The lowest BCUT2D eigenvalue weighted by Gasteiger charge is -2.17. The number of hydrogen-bond acceptors (Lipinski definition) is 7. The minimum absolute atomic E-state index is 0.0533. The molecule has 3 rings (SSSR count). The van der Waals surface area contributed by atoms with Crippen LogP contribution in [0, 0.1) is 11.8 Å². The fourth-order valence-corrected chi connectivity index (χ4v) is 3.76. The third-order valence-electron chi connectivity index (χ3n) is 5.53. The Morgan fingerprint density at radius 2 is 1.68 bits per heavy atom. The van der Waals surface area contributed by atoms with Gasteiger partial charge in [-0.25, -0.2) is 0 Å². The Morgan fingerprint density at radius 1 is 1.00 bits per heavy atom. The topological polar surface area (TPSA) is 77.5 Å². The van der Waals surface area contributed by atoms with Crippen molar-refractivity contribution in [1.29, 1.82) is 0 Å². The molecule has 7 heteroatoms. The zero-order chi connectivity index (χ0) is 22.4. The molecule has 0 unspecified atom stereocenters. The number of methoxy groups -OCH3 is 2. The molecule has 0 saturated carbocycles. The normalized spacial score (nSPS) is 18.2. The lowest BCUT2D eigenvalue weighted by Crippen LogP contribution is -2.21. The van der Waals surface area contributed by atoms with E-state index in [0.717, 1.165) is 17.7 Å². The van der Waals surface area contributed by atoms with Gasteiger partial charge in [-0.05, 0) is 62.3 Å². The first-order valence-electron chi connectivity index (χ1n) is 10.4. The number of ether oxygens (including phenoxy) is 4. The molecule has 2 atom stereocenters.